The van der Waals surface area contributed by atoms with E-state index in [1.165, 1.54) is 18.9 Å². The van der Waals surface area contributed by atoms with Gasteiger partial charge in [-0.25, -0.2) is 4.39 Å². The predicted octanol–water partition coefficient (Wildman–Crippen LogP) is 3.87. The van der Waals surface area contributed by atoms with E-state index in [4.69, 9.17) is 4.74 Å². The summed E-state index contributed by atoms with van der Waals surface area (Å²) in [5, 5.41) is 3.57. The zero-order valence-corrected chi connectivity index (χ0v) is 12.8. The minimum Gasteiger partial charge on any atom is -0.379 e. The summed E-state index contributed by atoms with van der Waals surface area (Å²) < 4.78 is 18.9. The lowest BCUT2D eigenvalue weighted by Crippen LogP contribution is -2.27. The molecule has 1 N–H and O–H groups in total. The molecule has 2 rings (SSSR count). The van der Waals surface area contributed by atoms with Crippen LogP contribution >= 0.6 is 0 Å². The van der Waals surface area contributed by atoms with Crippen LogP contribution in [0.15, 0.2) is 24.3 Å². The second-order valence-electron chi connectivity index (χ2n) is 6.44. The third-order valence-corrected chi connectivity index (χ3v) is 4.20. The van der Waals surface area contributed by atoms with E-state index >= 15 is 0 Å². The van der Waals surface area contributed by atoms with Crippen LogP contribution in [0.4, 0.5) is 4.39 Å². The summed E-state index contributed by atoms with van der Waals surface area (Å²) in [6.07, 6.45) is 4.53. The van der Waals surface area contributed by atoms with Gasteiger partial charge < -0.3 is 10.1 Å². The topological polar surface area (TPSA) is 21.3 Å². The van der Waals surface area contributed by atoms with E-state index in [1.807, 2.05) is 6.07 Å². The van der Waals surface area contributed by atoms with Crippen molar-refractivity contribution in [2.24, 2.45) is 0 Å². The van der Waals surface area contributed by atoms with Crippen LogP contribution in [-0.4, -0.2) is 25.3 Å². The minimum absolute atomic E-state index is 0.120. The van der Waals surface area contributed by atoms with Gasteiger partial charge in [0.1, 0.15) is 5.82 Å². The molecule has 112 valence electrons. The molecular weight excluding hydrogens is 253 g/mol. The number of benzene rings is 1. The maximum Gasteiger partial charge on any atom is 0.123 e. The Morgan fingerprint density at radius 1 is 1.40 bits per heavy atom. The molecule has 1 aliphatic carbocycles. The van der Waals surface area contributed by atoms with Gasteiger partial charge in [0.05, 0.1) is 5.60 Å². The average Bonchev–Trinajstić information content (AvgIpc) is 3.23. The van der Waals surface area contributed by atoms with Crippen molar-refractivity contribution in [2.75, 3.05) is 13.7 Å². The Hall–Kier alpha value is -0.930. The zero-order valence-electron chi connectivity index (χ0n) is 12.8. The Kier molecular flexibility index (Phi) is 5.17. The highest BCUT2D eigenvalue weighted by molar-refractivity contribution is 5.21. The molecule has 0 heterocycles. The lowest BCUT2D eigenvalue weighted by Gasteiger charge is -2.26. The molecule has 0 spiro atoms. The summed E-state index contributed by atoms with van der Waals surface area (Å²) in [6, 6.07) is 7.69. The highest BCUT2D eigenvalue weighted by Gasteiger charge is 2.24. The molecule has 0 amide bonds. The fourth-order valence-corrected chi connectivity index (χ4v) is 2.37. The van der Waals surface area contributed by atoms with Crippen LogP contribution in [0.1, 0.15) is 51.0 Å². The molecule has 0 aromatic heterocycles. The standard InChI is InChI=1S/C17H26FNO/c1-17(2,20-3)10-9-14(12-19-16-7-8-16)13-5-4-6-15(18)11-13/h4-6,11,14,16,19H,7-10,12H2,1-3H3. The lowest BCUT2D eigenvalue weighted by atomic mass is 9.89. The summed E-state index contributed by atoms with van der Waals surface area (Å²) in [6.45, 7) is 5.13. The lowest BCUT2D eigenvalue weighted by molar-refractivity contribution is 0.0124. The maximum absolute atomic E-state index is 13.4. The molecule has 3 heteroatoms. The SMILES string of the molecule is COC(C)(C)CCC(CNC1CC1)c1cccc(F)c1. The van der Waals surface area contributed by atoms with Crippen LogP contribution in [0.25, 0.3) is 0 Å². The Balaban J connectivity index is 1.99. The van der Waals surface area contributed by atoms with Crippen molar-refractivity contribution in [1.82, 2.24) is 5.32 Å². The smallest absolute Gasteiger partial charge is 0.123 e. The molecule has 0 radical (unpaired) electrons. The molecule has 0 bridgehead atoms. The quantitative estimate of drug-likeness (QED) is 0.780. The van der Waals surface area contributed by atoms with Crippen molar-refractivity contribution in [2.45, 2.75) is 57.1 Å². The number of rotatable bonds is 8. The van der Waals surface area contributed by atoms with Crippen LogP contribution in [0.2, 0.25) is 0 Å². The van der Waals surface area contributed by atoms with E-state index in [0.717, 1.165) is 24.9 Å². The fraction of sp³-hybridized carbons (Fsp3) is 0.647. The number of ether oxygens (including phenoxy) is 1. The van der Waals surface area contributed by atoms with Crippen LogP contribution in [0, 0.1) is 5.82 Å². The molecule has 0 saturated heterocycles. The fourth-order valence-electron chi connectivity index (χ4n) is 2.37. The molecule has 1 unspecified atom stereocenters. The number of hydrogen-bond donors (Lipinski definition) is 1. The first-order valence-electron chi connectivity index (χ1n) is 7.54. The Bertz CT molecular complexity index is 429. The first kappa shape index (κ1) is 15.5. The first-order chi connectivity index (χ1) is 9.50. The third-order valence-electron chi connectivity index (χ3n) is 4.20. The van der Waals surface area contributed by atoms with Crippen molar-refractivity contribution >= 4 is 0 Å². The largest absolute Gasteiger partial charge is 0.379 e. The maximum atomic E-state index is 13.4. The Labute approximate surface area is 121 Å². The van der Waals surface area contributed by atoms with E-state index in [2.05, 4.69) is 19.2 Å². The number of nitrogens with one attached hydrogen (secondary N) is 1. The van der Waals surface area contributed by atoms with Crippen molar-refractivity contribution in [3.63, 3.8) is 0 Å². The van der Waals surface area contributed by atoms with E-state index in [0.29, 0.717) is 12.0 Å². The van der Waals surface area contributed by atoms with Gasteiger partial charge in [-0.05, 0) is 63.1 Å². The van der Waals surface area contributed by atoms with Gasteiger partial charge >= 0.3 is 0 Å². The molecule has 1 saturated carbocycles. The van der Waals surface area contributed by atoms with Crippen LogP contribution in [0.3, 0.4) is 0 Å². The molecule has 20 heavy (non-hydrogen) atoms. The molecule has 1 fully saturated rings. The highest BCUT2D eigenvalue weighted by Crippen LogP contribution is 2.28. The summed E-state index contributed by atoms with van der Waals surface area (Å²) in [4.78, 5) is 0. The molecule has 1 atom stereocenters. The molecule has 2 nitrogen and oxygen atoms in total. The summed E-state index contributed by atoms with van der Waals surface area (Å²) in [5.74, 6) is 0.200. The van der Waals surface area contributed by atoms with Gasteiger partial charge in [0.2, 0.25) is 0 Å². The number of halogens is 1. The normalized spacial score (nSPS) is 17.2. The molecule has 1 aromatic carbocycles. The van der Waals surface area contributed by atoms with Crippen molar-refractivity contribution < 1.29 is 9.13 Å². The Morgan fingerprint density at radius 3 is 2.75 bits per heavy atom. The van der Waals surface area contributed by atoms with Crippen molar-refractivity contribution in [1.29, 1.82) is 0 Å². The van der Waals surface area contributed by atoms with E-state index in [-0.39, 0.29) is 11.4 Å². The summed E-state index contributed by atoms with van der Waals surface area (Å²) >= 11 is 0. The second kappa shape index (κ2) is 6.68. The number of methoxy groups -OCH3 is 1. The van der Waals surface area contributed by atoms with Gasteiger partial charge in [-0.2, -0.15) is 0 Å². The van der Waals surface area contributed by atoms with Gasteiger partial charge in [0.15, 0.2) is 0 Å². The minimum atomic E-state index is -0.148. The predicted molar refractivity (Wildman–Crippen MR) is 80.5 cm³/mol. The van der Waals surface area contributed by atoms with Gasteiger partial charge in [0, 0.05) is 19.7 Å². The van der Waals surface area contributed by atoms with Crippen molar-refractivity contribution in [3.8, 4) is 0 Å². The van der Waals surface area contributed by atoms with E-state index < -0.39 is 0 Å². The molecule has 0 aliphatic heterocycles. The Morgan fingerprint density at radius 2 is 2.15 bits per heavy atom. The molecule has 1 aromatic rings. The highest BCUT2D eigenvalue weighted by atomic mass is 19.1. The molecule has 1 aliphatic rings. The monoisotopic (exact) mass is 279 g/mol. The van der Waals surface area contributed by atoms with E-state index in [1.54, 1.807) is 19.2 Å². The number of hydrogen-bond acceptors (Lipinski definition) is 2. The van der Waals surface area contributed by atoms with Gasteiger partial charge in [-0.15, -0.1) is 0 Å². The second-order valence-corrected chi connectivity index (χ2v) is 6.44. The zero-order chi connectivity index (χ0) is 14.6. The van der Waals surface area contributed by atoms with Crippen LogP contribution < -0.4 is 5.32 Å². The first-order valence-corrected chi connectivity index (χ1v) is 7.54. The summed E-state index contributed by atoms with van der Waals surface area (Å²) in [5.41, 5.74) is 0.968. The van der Waals surface area contributed by atoms with Crippen LogP contribution in [0.5, 0.6) is 0 Å². The molecular formula is C17H26FNO. The van der Waals surface area contributed by atoms with Gasteiger partial charge in [-0.1, -0.05) is 12.1 Å². The van der Waals surface area contributed by atoms with Crippen molar-refractivity contribution in [3.05, 3.63) is 35.6 Å². The summed E-state index contributed by atoms with van der Waals surface area (Å²) in [7, 11) is 1.75. The third kappa shape index (κ3) is 4.88. The van der Waals surface area contributed by atoms with E-state index in [9.17, 15) is 4.39 Å². The van der Waals surface area contributed by atoms with Gasteiger partial charge in [-0.3, -0.25) is 0 Å². The van der Waals surface area contributed by atoms with Crippen LogP contribution in [-0.2, 0) is 4.74 Å². The average molecular weight is 279 g/mol. The van der Waals surface area contributed by atoms with Gasteiger partial charge in [0.25, 0.3) is 0 Å².